The van der Waals surface area contributed by atoms with Crippen LogP contribution in [0.5, 0.6) is 0 Å². The Labute approximate surface area is 169 Å². The smallest absolute Gasteiger partial charge is 0.293 e. The van der Waals surface area contributed by atoms with Gasteiger partial charge in [0.05, 0.1) is 5.69 Å². The largest absolute Gasteiger partial charge is 0.354 e. The van der Waals surface area contributed by atoms with Crippen LogP contribution in [0.15, 0.2) is 52.8 Å². The highest BCUT2D eigenvalue weighted by atomic mass is 16.2. The van der Waals surface area contributed by atoms with Gasteiger partial charge in [0.2, 0.25) is 5.91 Å². The lowest BCUT2D eigenvalue weighted by molar-refractivity contribution is -0.121. The topological polar surface area (TPSA) is 81.3 Å². The molecule has 29 heavy (non-hydrogen) atoms. The van der Waals surface area contributed by atoms with Crippen molar-refractivity contribution in [1.82, 2.24) is 24.7 Å². The number of aryl methyl sites for hydroxylation is 1. The second-order valence-electron chi connectivity index (χ2n) is 7.41. The summed E-state index contributed by atoms with van der Waals surface area (Å²) in [5.74, 6) is 0.351. The average Bonchev–Trinajstić information content (AvgIpc) is 3.20. The van der Waals surface area contributed by atoms with Gasteiger partial charge in [0.1, 0.15) is 17.9 Å². The lowest BCUT2D eigenvalue weighted by Crippen LogP contribution is -2.35. The van der Waals surface area contributed by atoms with Gasteiger partial charge in [-0.05, 0) is 45.1 Å². The molecule has 0 bridgehead atoms. The van der Waals surface area contributed by atoms with E-state index in [-0.39, 0.29) is 18.0 Å². The zero-order chi connectivity index (χ0) is 20.2. The van der Waals surface area contributed by atoms with Gasteiger partial charge in [-0.3, -0.25) is 9.59 Å². The number of allylic oxidation sites excluding steroid dienone is 1. The SMILES string of the molecule is Cc1nn(CC(=O)NCCC2=CCCCC2)c(=O)c2cc(-c3ccccc3)nn12. The van der Waals surface area contributed by atoms with Crippen molar-refractivity contribution in [3.05, 3.63) is 64.2 Å². The number of hydrogen-bond acceptors (Lipinski definition) is 4. The monoisotopic (exact) mass is 391 g/mol. The second-order valence-corrected chi connectivity index (χ2v) is 7.41. The first-order chi connectivity index (χ1) is 14.1. The van der Waals surface area contributed by atoms with E-state index in [1.807, 2.05) is 30.3 Å². The Kier molecular flexibility index (Phi) is 5.55. The molecule has 150 valence electrons. The molecule has 1 N–H and O–H groups in total. The summed E-state index contributed by atoms with van der Waals surface area (Å²) in [6.07, 6.45) is 7.90. The number of aromatic nitrogens is 4. The molecule has 1 aliphatic rings. The normalized spacial score (nSPS) is 14.0. The highest BCUT2D eigenvalue weighted by Gasteiger charge is 2.14. The Bertz CT molecular complexity index is 1110. The fourth-order valence-corrected chi connectivity index (χ4v) is 3.72. The standard InChI is InChI=1S/C22H25N5O2/c1-16-24-26(15-21(28)23-13-12-17-8-4-2-5-9-17)22(29)20-14-19(25-27(16)20)18-10-6-3-7-11-18/h3,6-8,10-11,14H,2,4-5,9,12-13,15H2,1H3,(H,23,28). The summed E-state index contributed by atoms with van der Waals surface area (Å²) in [5, 5.41) is 11.7. The number of nitrogens with zero attached hydrogens (tertiary/aromatic N) is 4. The number of carbonyl (C=O) groups is 1. The molecule has 0 saturated heterocycles. The third-order valence-electron chi connectivity index (χ3n) is 5.25. The van der Waals surface area contributed by atoms with E-state index in [1.165, 1.54) is 27.6 Å². The number of carbonyl (C=O) groups excluding carboxylic acids is 1. The van der Waals surface area contributed by atoms with Crippen LogP contribution in [-0.2, 0) is 11.3 Å². The molecule has 3 aromatic rings. The molecule has 0 radical (unpaired) electrons. The van der Waals surface area contributed by atoms with E-state index in [9.17, 15) is 9.59 Å². The highest BCUT2D eigenvalue weighted by Crippen LogP contribution is 2.19. The molecule has 2 aromatic heterocycles. The molecule has 0 saturated carbocycles. The van der Waals surface area contributed by atoms with Gasteiger partial charge in [0.15, 0.2) is 0 Å². The first-order valence-electron chi connectivity index (χ1n) is 10.1. The van der Waals surface area contributed by atoms with Crippen LogP contribution >= 0.6 is 0 Å². The van der Waals surface area contributed by atoms with Crippen molar-refractivity contribution >= 4 is 11.4 Å². The lowest BCUT2D eigenvalue weighted by Gasteiger charge is -2.13. The van der Waals surface area contributed by atoms with Crippen LogP contribution in [0.2, 0.25) is 0 Å². The van der Waals surface area contributed by atoms with E-state index in [1.54, 1.807) is 13.0 Å². The maximum atomic E-state index is 12.8. The quantitative estimate of drug-likeness (QED) is 0.655. The summed E-state index contributed by atoms with van der Waals surface area (Å²) in [5.41, 5.74) is 3.13. The molecule has 0 atom stereocenters. The lowest BCUT2D eigenvalue weighted by atomic mass is 9.97. The summed E-state index contributed by atoms with van der Waals surface area (Å²) >= 11 is 0. The number of rotatable bonds is 6. The van der Waals surface area contributed by atoms with Crippen LogP contribution in [0.4, 0.5) is 0 Å². The van der Waals surface area contributed by atoms with Crippen molar-refractivity contribution in [2.24, 2.45) is 0 Å². The van der Waals surface area contributed by atoms with Gasteiger partial charge in [-0.2, -0.15) is 10.2 Å². The van der Waals surface area contributed by atoms with Gasteiger partial charge >= 0.3 is 0 Å². The number of benzene rings is 1. The van der Waals surface area contributed by atoms with Gasteiger partial charge in [0.25, 0.3) is 5.56 Å². The first kappa shape index (κ1) is 19.1. The zero-order valence-electron chi connectivity index (χ0n) is 16.6. The Morgan fingerprint density at radius 3 is 2.76 bits per heavy atom. The average molecular weight is 391 g/mol. The molecule has 0 unspecified atom stereocenters. The predicted octanol–water partition coefficient (Wildman–Crippen LogP) is 2.87. The minimum atomic E-state index is -0.324. The number of amides is 1. The molecule has 1 amide bonds. The molecule has 7 nitrogen and oxygen atoms in total. The second kappa shape index (κ2) is 8.43. The third kappa shape index (κ3) is 4.29. The van der Waals surface area contributed by atoms with Crippen molar-refractivity contribution < 1.29 is 4.79 Å². The van der Waals surface area contributed by atoms with Crippen LogP contribution in [-0.4, -0.2) is 31.8 Å². The Hall–Kier alpha value is -3.22. The molecular weight excluding hydrogens is 366 g/mol. The van der Waals surface area contributed by atoms with Crippen molar-refractivity contribution in [2.75, 3.05) is 6.54 Å². The fourth-order valence-electron chi connectivity index (χ4n) is 3.72. The van der Waals surface area contributed by atoms with Crippen LogP contribution in [0.3, 0.4) is 0 Å². The minimum Gasteiger partial charge on any atom is -0.354 e. The van der Waals surface area contributed by atoms with E-state index < -0.39 is 0 Å². The van der Waals surface area contributed by atoms with Crippen LogP contribution < -0.4 is 10.9 Å². The van der Waals surface area contributed by atoms with E-state index >= 15 is 0 Å². The van der Waals surface area contributed by atoms with Crippen molar-refractivity contribution in [2.45, 2.75) is 45.6 Å². The number of hydrogen-bond donors (Lipinski definition) is 1. The predicted molar refractivity (Wildman–Crippen MR) is 112 cm³/mol. The van der Waals surface area contributed by atoms with Crippen molar-refractivity contribution in [3.63, 3.8) is 0 Å². The zero-order valence-corrected chi connectivity index (χ0v) is 16.6. The summed E-state index contributed by atoms with van der Waals surface area (Å²) in [7, 11) is 0. The van der Waals surface area contributed by atoms with Gasteiger partial charge in [-0.25, -0.2) is 9.20 Å². The third-order valence-corrected chi connectivity index (χ3v) is 5.25. The van der Waals surface area contributed by atoms with E-state index in [2.05, 4.69) is 21.6 Å². The molecule has 1 aromatic carbocycles. The summed E-state index contributed by atoms with van der Waals surface area (Å²) < 4.78 is 2.75. The summed E-state index contributed by atoms with van der Waals surface area (Å²) in [6, 6.07) is 11.4. The Morgan fingerprint density at radius 1 is 1.17 bits per heavy atom. The summed E-state index contributed by atoms with van der Waals surface area (Å²) in [6.45, 7) is 2.27. The van der Waals surface area contributed by atoms with E-state index in [4.69, 9.17) is 0 Å². The van der Waals surface area contributed by atoms with Gasteiger partial charge < -0.3 is 5.32 Å². The molecular formula is C22H25N5O2. The van der Waals surface area contributed by atoms with Crippen molar-refractivity contribution in [3.8, 4) is 11.3 Å². The molecule has 1 aliphatic carbocycles. The maximum Gasteiger partial charge on any atom is 0.293 e. The van der Waals surface area contributed by atoms with Crippen LogP contribution in [0.25, 0.3) is 16.8 Å². The number of fused-ring (bicyclic) bond motifs is 1. The first-order valence-corrected chi connectivity index (χ1v) is 10.1. The molecule has 0 spiro atoms. The van der Waals surface area contributed by atoms with Crippen LogP contribution in [0, 0.1) is 6.92 Å². The van der Waals surface area contributed by atoms with E-state index in [0.29, 0.717) is 23.6 Å². The molecule has 4 rings (SSSR count). The molecule has 7 heteroatoms. The van der Waals surface area contributed by atoms with Crippen molar-refractivity contribution in [1.29, 1.82) is 0 Å². The fraction of sp³-hybridized carbons (Fsp3) is 0.364. The Morgan fingerprint density at radius 2 is 2.00 bits per heavy atom. The van der Waals surface area contributed by atoms with Gasteiger partial charge in [-0.1, -0.05) is 42.0 Å². The molecule has 0 aliphatic heterocycles. The maximum absolute atomic E-state index is 12.8. The molecule has 0 fully saturated rings. The van der Waals surface area contributed by atoms with Crippen LogP contribution in [0.1, 0.15) is 37.9 Å². The summed E-state index contributed by atoms with van der Waals surface area (Å²) in [4.78, 5) is 25.2. The van der Waals surface area contributed by atoms with Gasteiger partial charge in [0, 0.05) is 12.1 Å². The van der Waals surface area contributed by atoms with E-state index in [0.717, 1.165) is 24.8 Å². The molecule has 2 heterocycles. The highest BCUT2D eigenvalue weighted by molar-refractivity contribution is 5.75. The Balaban J connectivity index is 1.49. The minimum absolute atomic E-state index is 0.0962. The number of nitrogens with one attached hydrogen (secondary N) is 1. The van der Waals surface area contributed by atoms with Gasteiger partial charge in [-0.15, -0.1) is 0 Å².